The summed E-state index contributed by atoms with van der Waals surface area (Å²) in [5.74, 6) is -0.00230. The van der Waals surface area contributed by atoms with Gasteiger partial charge in [-0.1, -0.05) is 29.8 Å². The van der Waals surface area contributed by atoms with E-state index in [0.717, 1.165) is 48.5 Å². The van der Waals surface area contributed by atoms with Gasteiger partial charge in [-0.25, -0.2) is 0 Å². The fraction of sp³-hybridized carbons (Fsp3) is 0.450. The summed E-state index contributed by atoms with van der Waals surface area (Å²) in [4.78, 5) is 15.5. The molecular formula is C20H26N2O2S. The second-order valence-electron chi connectivity index (χ2n) is 6.94. The van der Waals surface area contributed by atoms with Crippen molar-refractivity contribution in [3.8, 4) is 0 Å². The molecule has 1 amide bonds. The third kappa shape index (κ3) is 4.48. The molecule has 1 aromatic heterocycles. The Labute approximate surface area is 153 Å². The molecule has 3 rings (SSSR count). The molecular weight excluding hydrogens is 332 g/mol. The van der Waals surface area contributed by atoms with Crippen LogP contribution < -0.4 is 5.32 Å². The predicted octanol–water partition coefficient (Wildman–Crippen LogP) is 3.08. The fourth-order valence-electron chi connectivity index (χ4n) is 3.29. The Bertz CT molecular complexity index is 716. The molecule has 0 saturated carbocycles. The van der Waals surface area contributed by atoms with E-state index in [1.165, 1.54) is 5.56 Å². The summed E-state index contributed by atoms with van der Waals surface area (Å²) >= 11 is 1.59. The summed E-state index contributed by atoms with van der Waals surface area (Å²) in [6, 6.07) is 10.1. The van der Waals surface area contributed by atoms with Crippen LogP contribution in [0.1, 0.15) is 39.2 Å². The number of rotatable bonds is 5. The van der Waals surface area contributed by atoms with Gasteiger partial charge in [0.15, 0.2) is 0 Å². The molecule has 4 nitrogen and oxygen atoms in total. The van der Waals surface area contributed by atoms with E-state index in [1.54, 1.807) is 11.3 Å². The topological polar surface area (TPSA) is 52.6 Å². The number of benzene rings is 1. The zero-order chi connectivity index (χ0) is 17.9. The van der Waals surface area contributed by atoms with Crippen LogP contribution >= 0.6 is 11.3 Å². The summed E-state index contributed by atoms with van der Waals surface area (Å²) in [7, 11) is 0. The number of aliphatic hydroxyl groups is 1. The fourth-order valence-corrected chi connectivity index (χ4v) is 3.97. The van der Waals surface area contributed by atoms with E-state index in [-0.39, 0.29) is 5.91 Å². The van der Waals surface area contributed by atoms with Gasteiger partial charge in [-0.05, 0) is 38.3 Å². The van der Waals surface area contributed by atoms with Crippen LogP contribution in [0.3, 0.4) is 0 Å². The largest absolute Gasteiger partial charge is 0.385 e. The minimum absolute atomic E-state index is 0.00230. The highest BCUT2D eigenvalue weighted by Gasteiger charge is 2.33. The molecule has 1 saturated heterocycles. The average molecular weight is 359 g/mol. The molecule has 2 aromatic rings. The van der Waals surface area contributed by atoms with Gasteiger partial charge in [0.25, 0.3) is 5.91 Å². The van der Waals surface area contributed by atoms with Crippen molar-refractivity contribution in [1.82, 2.24) is 10.2 Å². The van der Waals surface area contributed by atoms with Crippen molar-refractivity contribution >= 4 is 17.2 Å². The highest BCUT2D eigenvalue weighted by atomic mass is 32.1. The monoisotopic (exact) mass is 358 g/mol. The van der Waals surface area contributed by atoms with Gasteiger partial charge in [-0.2, -0.15) is 0 Å². The van der Waals surface area contributed by atoms with Crippen LogP contribution in [0, 0.1) is 13.8 Å². The Morgan fingerprint density at radius 1 is 1.24 bits per heavy atom. The van der Waals surface area contributed by atoms with Gasteiger partial charge in [0.05, 0.1) is 11.2 Å². The maximum atomic E-state index is 12.1. The molecule has 134 valence electrons. The summed E-state index contributed by atoms with van der Waals surface area (Å²) in [5, 5.41) is 15.8. The maximum Gasteiger partial charge on any atom is 0.252 e. The summed E-state index contributed by atoms with van der Waals surface area (Å²) in [5.41, 5.74) is 2.25. The second-order valence-corrected chi connectivity index (χ2v) is 8.06. The van der Waals surface area contributed by atoms with Crippen LogP contribution in [0.4, 0.5) is 0 Å². The molecule has 1 aliphatic rings. The highest BCUT2D eigenvalue weighted by molar-refractivity contribution is 7.10. The van der Waals surface area contributed by atoms with Crippen LogP contribution in [0.2, 0.25) is 0 Å². The van der Waals surface area contributed by atoms with Crippen LogP contribution in [0.5, 0.6) is 0 Å². The van der Waals surface area contributed by atoms with Crippen LogP contribution in [-0.2, 0) is 5.60 Å². The first-order chi connectivity index (χ1) is 12.0. The standard InChI is InChI=1S/C20H26N2O2S/c1-15-3-5-18(6-4-15)20(24)7-10-22(11-8-20)12-9-21-19(23)17-13-16(2)25-14-17/h3-6,13-14,24H,7-12H2,1-2H3,(H,21,23). The zero-order valence-electron chi connectivity index (χ0n) is 14.9. The number of thiophene rings is 1. The first kappa shape index (κ1) is 18.1. The maximum absolute atomic E-state index is 12.1. The minimum Gasteiger partial charge on any atom is -0.385 e. The number of carbonyl (C=O) groups excluding carboxylic acids is 1. The zero-order valence-corrected chi connectivity index (χ0v) is 15.7. The Morgan fingerprint density at radius 2 is 1.92 bits per heavy atom. The molecule has 0 atom stereocenters. The lowest BCUT2D eigenvalue weighted by Gasteiger charge is -2.38. The number of nitrogens with zero attached hydrogens (tertiary/aromatic N) is 1. The average Bonchev–Trinajstić information content (AvgIpc) is 3.04. The molecule has 0 radical (unpaired) electrons. The lowest BCUT2D eigenvalue weighted by atomic mass is 9.84. The van der Waals surface area contributed by atoms with Gasteiger partial charge in [0.1, 0.15) is 0 Å². The molecule has 0 unspecified atom stereocenters. The summed E-state index contributed by atoms with van der Waals surface area (Å²) in [6.45, 7) is 7.21. The molecule has 1 aliphatic heterocycles. The van der Waals surface area contributed by atoms with Crippen molar-refractivity contribution in [3.05, 3.63) is 57.3 Å². The van der Waals surface area contributed by atoms with Gasteiger partial charge < -0.3 is 15.3 Å². The van der Waals surface area contributed by atoms with E-state index >= 15 is 0 Å². The van der Waals surface area contributed by atoms with Gasteiger partial charge >= 0.3 is 0 Å². The van der Waals surface area contributed by atoms with Gasteiger partial charge in [0, 0.05) is 36.4 Å². The molecule has 25 heavy (non-hydrogen) atoms. The van der Waals surface area contributed by atoms with E-state index in [2.05, 4.69) is 29.3 Å². The Kier molecular flexibility index (Phi) is 5.57. The number of nitrogens with one attached hydrogen (secondary N) is 1. The molecule has 1 fully saturated rings. The molecule has 5 heteroatoms. The first-order valence-electron chi connectivity index (χ1n) is 8.81. The van der Waals surface area contributed by atoms with Crippen molar-refractivity contribution in [2.45, 2.75) is 32.3 Å². The van der Waals surface area contributed by atoms with Crippen LogP contribution in [0.25, 0.3) is 0 Å². The van der Waals surface area contributed by atoms with E-state index in [9.17, 15) is 9.90 Å². The van der Waals surface area contributed by atoms with Gasteiger partial charge in [0.2, 0.25) is 0 Å². The normalized spacial score (nSPS) is 17.4. The van der Waals surface area contributed by atoms with E-state index < -0.39 is 5.60 Å². The minimum atomic E-state index is -0.721. The Hall–Kier alpha value is -1.69. The number of aryl methyl sites for hydroxylation is 2. The Morgan fingerprint density at radius 3 is 2.52 bits per heavy atom. The molecule has 1 aromatic carbocycles. The number of amides is 1. The van der Waals surface area contributed by atoms with Crippen LogP contribution in [0.15, 0.2) is 35.7 Å². The van der Waals surface area contributed by atoms with E-state index in [4.69, 9.17) is 0 Å². The van der Waals surface area contributed by atoms with Crippen molar-refractivity contribution in [2.75, 3.05) is 26.2 Å². The first-order valence-corrected chi connectivity index (χ1v) is 9.69. The van der Waals surface area contributed by atoms with E-state index in [1.807, 2.05) is 30.5 Å². The van der Waals surface area contributed by atoms with E-state index in [0.29, 0.717) is 6.54 Å². The summed E-state index contributed by atoms with van der Waals surface area (Å²) in [6.07, 6.45) is 1.46. The second kappa shape index (κ2) is 7.68. The predicted molar refractivity (Wildman–Crippen MR) is 102 cm³/mol. The SMILES string of the molecule is Cc1ccc(C2(O)CCN(CCNC(=O)c3csc(C)c3)CC2)cc1. The number of likely N-dealkylation sites (tertiary alicyclic amines) is 1. The number of hydrogen-bond acceptors (Lipinski definition) is 4. The van der Waals surface area contributed by atoms with Gasteiger partial charge in [-0.3, -0.25) is 4.79 Å². The van der Waals surface area contributed by atoms with Crippen LogP contribution in [-0.4, -0.2) is 42.1 Å². The smallest absolute Gasteiger partial charge is 0.252 e. The lowest BCUT2D eigenvalue weighted by Crippen LogP contribution is -2.45. The molecule has 0 aliphatic carbocycles. The molecule has 2 N–H and O–H groups in total. The molecule has 2 heterocycles. The lowest BCUT2D eigenvalue weighted by molar-refractivity contribution is -0.0255. The molecule has 0 spiro atoms. The quantitative estimate of drug-likeness (QED) is 0.864. The third-order valence-electron chi connectivity index (χ3n) is 4.98. The third-order valence-corrected chi connectivity index (χ3v) is 5.84. The Balaban J connectivity index is 1.45. The van der Waals surface area contributed by atoms with Crippen molar-refractivity contribution < 1.29 is 9.90 Å². The van der Waals surface area contributed by atoms with Crippen molar-refractivity contribution in [3.63, 3.8) is 0 Å². The van der Waals surface area contributed by atoms with Crippen molar-refractivity contribution in [2.24, 2.45) is 0 Å². The molecule has 0 bridgehead atoms. The summed E-state index contributed by atoms with van der Waals surface area (Å²) < 4.78 is 0. The number of carbonyl (C=O) groups is 1. The van der Waals surface area contributed by atoms with Crippen molar-refractivity contribution in [1.29, 1.82) is 0 Å². The van der Waals surface area contributed by atoms with Gasteiger partial charge in [-0.15, -0.1) is 11.3 Å². The number of piperidine rings is 1. The number of hydrogen-bond donors (Lipinski definition) is 2. The highest BCUT2D eigenvalue weighted by Crippen LogP contribution is 2.32.